The lowest BCUT2D eigenvalue weighted by Crippen LogP contribution is -2.03. The van der Waals surface area contributed by atoms with E-state index in [-0.39, 0.29) is 22.6 Å². The lowest BCUT2D eigenvalue weighted by Gasteiger charge is -2.07. The molecule has 0 amide bonds. The summed E-state index contributed by atoms with van der Waals surface area (Å²) in [6.45, 7) is 0. The van der Waals surface area contributed by atoms with Gasteiger partial charge in [0.2, 0.25) is 0 Å². The normalized spacial score (nSPS) is 10.7. The molecule has 94 valence electrons. The fourth-order valence-electron chi connectivity index (χ4n) is 2.06. The standard InChI is InChI=1S/C15H10O4/c16-11-7-3-1-5-9(11)13-14(17)10-6-2-4-8-12(10)19-15(13)18/h1-8,16-17H. The van der Waals surface area contributed by atoms with Gasteiger partial charge in [0.1, 0.15) is 22.6 Å². The fraction of sp³-hybridized carbons (Fsp3) is 0. The van der Waals surface area contributed by atoms with E-state index in [0.717, 1.165) is 0 Å². The molecule has 1 heterocycles. The third-order valence-electron chi connectivity index (χ3n) is 2.96. The first kappa shape index (κ1) is 11.3. The van der Waals surface area contributed by atoms with E-state index in [9.17, 15) is 15.0 Å². The maximum absolute atomic E-state index is 12.0. The second-order valence-electron chi connectivity index (χ2n) is 4.13. The largest absolute Gasteiger partial charge is 0.507 e. The lowest BCUT2D eigenvalue weighted by atomic mass is 10.0. The Bertz CT molecular complexity index is 818. The average molecular weight is 254 g/mol. The molecular weight excluding hydrogens is 244 g/mol. The Morgan fingerprint density at radius 3 is 2.37 bits per heavy atom. The molecule has 1 aromatic heterocycles. The summed E-state index contributed by atoms with van der Waals surface area (Å²) in [7, 11) is 0. The quantitative estimate of drug-likeness (QED) is 0.655. The number of phenolic OH excluding ortho intramolecular Hbond substituents is 1. The van der Waals surface area contributed by atoms with Gasteiger partial charge in [-0.15, -0.1) is 0 Å². The van der Waals surface area contributed by atoms with E-state index in [4.69, 9.17) is 4.42 Å². The van der Waals surface area contributed by atoms with E-state index >= 15 is 0 Å². The van der Waals surface area contributed by atoms with Crippen LogP contribution in [0.4, 0.5) is 0 Å². The molecule has 4 nitrogen and oxygen atoms in total. The van der Waals surface area contributed by atoms with Gasteiger partial charge >= 0.3 is 5.63 Å². The van der Waals surface area contributed by atoms with Crippen molar-refractivity contribution in [2.75, 3.05) is 0 Å². The van der Waals surface area contributed by atoms with E-state index < -0.39 is 5.63 Å². The van der Waals surface area contributed by atoms with E-state index in [1.165, 1.54) is 6.07 Å². The fourth-order valence-corrected chi connectivity index (χ4v) is 2.06. The van der Waals surface area contributed by atoms with Gasteiger partial charge in [-0.3, -0.25) is 0 Å². The van der Waals surface area contributed by atoms with Crippen molar-refractivity contribution in [2.24, 2.45) is 0 Å². The molecule has 0 saturated carbocycles. The maximum Gasteiger partial charge on any atom is 0.348 e. The summed E-state index contributed by atoms with van der Waals surface area (Å²) in [5, 5.41) is 20.5. The molecule has 3 aromatic rings. The zero-order valence-electron chi connectivity index (χ0n) is 9.83. The van der Waals surface area contributed by atoms with Crippen molar-refractivity contribution in [3.8, 4) is 22.6 Å². The number of benzene rings is 2. The van der Waals surface area contributed by atoms with Crippen LogP contribution in [0.15, 0.2) is 57.7 Å². The highest BCUT2D eigenvalue weighted by atomic mass is 16.4. The van der Waals surface area contributed by atoms with E-state index in [1.54, 1.807) is 42.5 Å². The minimum Gasteiger partial charge on any atom is -0.507 e. The molecule has 0 radical (unpaired) electrons. The van der Waals surface area contributed by atoms with Crippen molar-refractivity contribution in [1.29, 1.82) is 0 Å². The number of hydrogen-bond donors (Lipinski definition) is 2. The van der Waals surface area contributed by atoms with E-state index in [0.29, 0.717) is 11.0 Å². The molecule has 0 fully saturated rings. The van der Waals surface area contributed by atoms with Crippen molar-refractivity contribution >= 4 is 11.0 Å². The minimum atomic E-state index is -0.683. The summed E-state index contributed by atoms with van der Waals surface area (Å²) in [6.07, 6.45) is 0. The number of phenols is 1. The number of hydrogen-bond acceptors (Lipinski definition) is 4. The Morgan fingerprint density at radius 1 is 0.895 bits per heavy atom. The molecule has 0 unspecified atom stereocenters. The first-order valence-corrected chi connectivity index (χ1v) is 5.71. The zero-order chi connectivity index (χ0) is 13.4. The smallest absolute Gasteiger partial charge is 0.348 e. The van der Waals surface area contributed by atoms with Gasteiger partial charge in [-0.25, -0.2) is 4.79 Å². The minimum absolute atomic E-state index is 0.0307. The van der Waals surface area contributed by atoms with Crippen molar-refractivity contribution in [2.45, 2.75) is 0 Å². The van der Waals surface area contributed by atoms with Gasteiger partial charge in [0.15, 0.2) is 0 Å². The molecule has 4 heteroatoms. The van der Waals surface area contributed by atoms with Gasteiger partial charge in [0, 0.05) is 5.56 Å². The van der Waals surface area contributed by atoms with Crippen LogP contribution in [0.1, 0.15) is 0 Å². The molecule has 2 aromatic carbocycles. The first-order chi connectivity index (χ1) is 9.18. The van der Waals surface area contributed by atoms with E-state index in [1.807, 2.05) is 0 Å². The number of fused-ring (bicyclic) bond motifs is 1. The number of para-hydroxylation sites is 2. The molecule has 0 aliphatic heterocycles. The predicted octanol–water partition coefficient (Wildman–Crippen LogP) is 2.87. The Morgan fingerprint density at radius 2 is 1.58 bits per heavy atom. The van der Waals surface area contributed by atoms with Crippen molar-refractivity contribution in [1.82, 2.24) is 0 Å². The second-order valence-corrected chi connectivity index (χ2v) is 4.13. The van der Waals surface area contributed by atoms with Crippen molar-refractivity contribution in [3.05, 3.63) is 59.0 Å². The van der Waals surface area contributed by atoms with E-state index in [2.05, 4.69) is 0 Å². The summed E-state index contributed by atoms with van der Waals surface area (Å²) in [5.41, 5.74) is -0.154. The van der Waals surface area contributed by atoms with Crippen molar-refractivity contribution in [3.63, 3.8) is 0 Å². The molecule has 0 atom stereocenters. The highest BCUT2D eigenvalue weighted by Gasteiger charge is 2.17. The van der Waals surface area contributed by atoms with Crippen LogP contribution in [0.25, 0.3) is 22.1 Å². The van der Waals surface area contributed by atoms with Crippen LogP contribution in [0.2, 0.25) is 0 Å². The molecule has 0 aliphatic carbocycles. The molecule has 0 aliphatic rings. The van der Waals surface area contributed by atoms with Crippen LogP contribution in [0, 0.1) is 0 Å². The summed E-state index contributed by atoms with van der Waals surface area (Å²) >= 11 is 0. The zero-order valence-corrected chi connectivity index (χ0v) is 9.83. The number of aromatic hydroxyl groups is 2. The topological polar surface area (TPSA) is 70.7 Å². The van der Waals surface area contributed by atoms with Gasteiger partial charge < -0.3 is 14.6 Å². The third kappa shape index (κ3) is 1.74. The van der Waals surface area contributed by atoms with Gasteiger partial charge in [-0.05, 0) is 18.2 Å². The van der Waals surface area contributed by atoms with Crippen LogP contribution >= 0.6 is 0 Å². The lowest BCUT2D eigenvalue weighted by molar-refractivity contribution is 0.463. The summed E-state index contributed by atoms with van der Waals surface area (Å²) in [6, 6.07) is 13.0. The highest BCUT2D eigenvalue weighted by molar-refractivity contribution is 5.91. The van der Waals surface area contributed by atoms with Crippen LogP contribution in [0.3, 0.4) is 0 Å². The molecule has 0 saturated heterocycles. The van der Waals surface area contributed by atoms with Gasteiger partial charge in [0.05, 0.1) is 5.39 Å². The first-order valence-electron chi connectivity index (χ1n) is 5.71. The van der Waals surface area contributed by atoms with Crippen LogP contribution in [-0.2, 0) is 0 Å². The molecule has 0 bridgehead atoms. The molecule has 2 N–H and O–H groups in total. The summed E-state index contributed by atoms with van der Waals surface area (Å²) in [4.78, 5) is 12.0. The second kappa shape index (κ2) is 4.17. The van der Waals surface area contributed by atoms with Gasteiger partial charge in [-0.2, -0.15) is 0 Å². The summed E-state index contributed by atoms with van der Waals surface area (Å²) in [5.74, 6) is -0.270. The monoisotopic (exact) mass is 254 g/mol. The molecule has 0 spiro atoms. The molecular formula is C15H10O4. The highest BCUT2D eigenvalue weighted by Crippen LogP contribution is 2.36. The third-order valence-corrected chi connectivity index (χ3v) is 2.96. The van der Waals surface area contributed by atoms with Crippen molar-refractivity contribution < 1.29 is 14.6 Å². The SMILES string of the molecule is O=c1oc2ccccc2c(O)c1-c1ccccc1O. The van der Waals surface area contributed by atoms with Gasteiger partial charge in [-0.1, -0.05) is 30.3 Å². The Labute approximate surface area is 108 Å². The Balaban J connectivity index is 2.43. The van der Waals surface area contributed by atoms with Crippen LogP contribution in [-0.4, -0.2) is 10.2 Å². The maximum atomic E-state index is 12.0. The van der Waals surface area contributed by atoms with Crippen LogP contribution < -0.4 is 5.63 Å². The van der Waals surface area contributed by atoms with Crippen LogP contribution in [0.5, 0.6) is 11.5 Å². The molecule has 3 rings (SSSR count). The Hall–Kier alpha value is -2.75. The average Bonchev–Trinajstić information content (AvgIpc) is 2.41. The number of rotatable bonds is 1. The van der Waals surface area contributed by atoms with Gasteiger partial charge in [0.25, 0.3) is 0 Å². The predicted molar refractivity (Wildman–Crippen MR) is 71.2 cm³/mol. The summed E-state index contributed by atoms with van der Waals surface area (Å²) < 4.78 is 5.16. The Kier molecular flexibility index (Phi) is 2.49. The molecule has 19 heavy (non-hydrogen) atoms.